The fourth-order valence-corrected chi connectivity index (χ4v) is 17.1. The molecule has 0 amide bonds. The van der Waals surface area contributed by atoms with Gasteiger partial charge in [-0.2, -0.15) is 68.8 Å². The second-order valence-electron chi connectivity index (χ2n) is 24.5. The summed E-state index contributed by atoms with van der Waals surface area (Å²) in [6, 6.07) is 56.2. The first-order valence-corrected chi connectivity index (χ1v) is 37.9. The Morgan fingerprint density at radius 1 is 0.314 bits per heavy atom. The molecule has 0 saturated heterocycles. The molecule has 0 bridgehead atoms. The van der Waals surface area contributed by atoms with Crippen molar-refractivity contribution < 1.29 is 87.7 Å². The van der Waals surface area contributed by atoms with E-state index in [0.29, 0.717) is 55.5 Å². The van der Waals surface area contributed by atoms with Crippen LogP contribution < -0.4 is 9.47 Å². The van der Waals surface area contributed by atoms with Crippen molar-refractivity contribution in [2.75, 3.05) is 7.11 Å². The molecule has 105 heavy (non-hydrogen) atoms. The van der Waals surface area contributed by atoms with E-state index >= 15 is 13.2 Å². The van der Waals surface area contributed by atoms with Gasteiger partial charge in [-0.3, -0.25) is 18.2 Å². The molecule has 532 valence electrons. The molecule has 27 heteroatoms. The van der Waals surface area contributed by atoms with Crippen LogP contribution in [0.4, 0.5) is 26.3 Å². The summed E-state index contributed by atoms with van der Waals surface area (Å²) in [7, 11) is -20.9. The number of halogens is 6. The number of hydrogen-bond donors (Lipinski definition) is 4. The highest BCUT2D eigenvalue weighted by atomic mass is 32.2. The van der Waals surface area contributed by atoms with Crippen LogP contribution in [-0.2, 0) is 52.8 Å². The maximum atomic E-state index is 15.6. The number of benzene rings is 12. The summed E-state index contributed by atoms with van der Waals surface area (Å²) in [6.45, 7) is 5.52. The summed E-state index contributed by atoms with van der Waals surface area (Å²) in [5.41, 5.74) is 5.93. The van der Waals surface area contributed by atoms with E-state index in [9.17, 15) is 65.1 Å². The Morgan fingerprint density at radius 3 is 1.05 bits per heavy atom. The minimum atomic E-state index is -5.59. The number of nitrogens with zero attached hydrogens (tertiary/aromatic N) is 2. The van der Waals surface area contributed by atoms with E-state index in [4.69, 9.17) is 9.47 Å². The highest BCUT2D eigenvalue weighted by Crippen LogP contribution is 2.57. The Morgan fingerprint density at radius 2 is 0.638 bits per heavy atom. The van der Waals surface area contributed by atoms with Crippen LogP contribution in [0.25, 0.3) is 122 Å². The fraction of sp³-hybridized carbons (Fsp3) is 0.0769. The van der Waals surface area contributed by atoms with Gasteiger partial charge in [0.05, 0.1) is 30.0 Å². The Labute approximate surface area is 602 Å². The van der Waals surface area contributed by atoms with Gasteiger partial charge in [-0.25, -0.2) is 0 Å². The lowest BCUT2D eigenvalue weighted by molar-refractivity contribution is -0.139. The first-order valence-electron chi connectivity index (χ1n) is 31.4. The lowest BCUT2D eigenvalue weighted by atomic mass is 9.74. The molecule has 0 radical (unpaired) electrons. The van der Waals surface area contributed by atoms with Gasteiger partial charge >= 0.3 is 12.4 Å². The minimum Gasteiger partial charge on any atom is -0.496 e. The molecular weight excluding hydrogens is 1460 g/mol. The van der Waals surface area contributed by atoms with E-state index in [1.807, 2.05) is 44.2 Å². The Hall–Kier alpha value is -10.7. The van der Waals surface area contributed by atoms with Crippen LogP contribution in [0.15, 0.2) is 250 Å². The van der Waals surface area contributed by atoms with E-state index in [-0.39, 0.29) is 72.7 Å². The molecule has 0 aliphatic carbocycles. The topological polar surface area (TPSA) is 262 Å². The molecule has 16 nitrogen and oxygen atoms in total. The minimum absolute atomic E-state index is 0.00106. The van der Waals surface area contributed by atoms with Crippen molar-refractivity contribution in [1.29, 1.82) is 0 Å². The molecule has 0 spiro atoms. The molecule has 0 aliphatic rings. The summed E-state index contributed by atoms with van der Waals surface area (Å²) in [6.07, 6.45) is -9.79. The van der Waals surface area contributed by atoms with Crippen LogP contribution in [0, 0.1) is 20.8 Å². The molecule has 4 N–H and O–H groups in total. The molecule has 13 rings (SSSR count). The second kappa shape index (κ2) is 27.4. The van der Waals surface area contributed by atoms with Crippen molar-refractivity contribution in [3.05, 3.63) is 258 Å². The lowest BCUT2D eigenvalue weighted by Gasteiger charge is -2.29. The van der Waals surface area contributed by atoms with Crippen molar-refractivity contribution in [2.45, 2.75) is 52.7 Å². The number of fused-ring (bicyclic) bond motifs is 1. The van der Waals surface area contributed by atoms with Crippen molar-refractivity contribution in [2.24, 2.45) is 0 Å². The zero-order chi connectivity index (χ0) is 75.0. The number of rotatable bonds is 17. The quantitative estimate of drug-likeness (QED) is 0.0488. The number of ether oxygens (including phenoxy) is 2. The van der Waals surface area contributed by atoms with Crippen molar-refractivity contribution in [3.63, 3.8) is 0 Å². The van der Waals surface area contributed by atoms with Gasteiger partial charge in [0.25, 0.3) is 40.5 Å². The van der Waals surface area contributed by atoms with Crippen LogP contribution >= 0.6 is 11.7 Å². The van der Waals surface area contributed by atoms with Gasteiger partial charge in [0, 0.05) is 11.1 Å². The molecule has 0 fully saturated rings. The van der Waals surface area contributed by atoms with E-state index < -0.39 is 89.3 Å². The zero-order valence-corrected chi connectivity index (χ0v) is 59.1. The maximum absolute atomic E-state index is 15.6. The van der Waals surface area contributed by atoms with Crippen LogP contribution in [-0.4, -0.2) is 67.7 Å². The normalized spacial score (nSPS) is 12.4. The first kappa shape index (κ1) is 72.6. The highest BCUT2D eigenvalue weighted by Gasteiger charge is 2.38. The van der Waals surface area contributed by atoms with E-state index in [0.717, 1.165) is 95.7 Å². The maximum Gasteiger partial charge on any atom is 0.420 e. The number of alkyl halides is 6. The number of hydrogen-bond acceptors (Lipinski definition) is 13. The largest absolute Gasteiger partial charge is 0.496 e. The third kappa shape index (κ3) is 14.4. The SMILES string of the molecule is COc1ccc(-c2ccc(-c3ccc(Oc4ccc(-c5ccc(-c6c(-c7ccc(S(=O)(=O)O)c(S(=O)(=O)O)c7)c(-c7ccccc7)c(-c7ccc(-c8ccc(C)c(C)c8)cc7)c(-c7ccccc7)c6-c6ccc(S(=O)(=O)O)c(S(=O)(=O)O)c6)cc5)cc4C(F)(F)F)c(C)c3)c3nsnc23)cc1C(F)(F)F. The Bertz CT molecular complexity index is 5980. The number of methoxy groups -OCH3 is 1. The van der Waals surface area contributed by atoms with E-state index in [1.54, 1.807) is 104 Å². The predicted molar refractivity (Wildman–Crippen MR) is 388 cm³/mol. The predicted octanol–water partition coefficient (Wildman–Crippen LogP) is 20.1. The third-order valence-corrected chi connectivity index (χ3v) is 22.3. The summed E-state index contributed by atoms with van der Waals surface area (Å²) in [5.74, 6) is -0.949. The molecule has 1 aromatic heterocycles. The molecule has 12 aromatic carbocycles. The smallest absolute Gasteiger partial charge is 0.420 e. The van der Waals surface area contributed by atoms with Crippen LogP contribution in [0.1, 0.15) is 27.8 Å². The first-order chi connectivity index (χ1) is 49.6. The molecule has 0 atom stereocenters. The summed E-state index contributed by atoms with van der Waals surface area (Å²) < 4.78 is 258. The van der Waals surface area contributed by atoms with Crippen LogP contribution in [0.5, 0.6) is 17.2 Å². The molecule has 0 saturated carbocycles. The monoisotopic (exact) mass is 1520 g/mol. The van der Waals surface area contributed by atoms with Crippen molar-refractivity contribution >= 4 is 63.2 Å². The average molecular weight is 1520 g/mol. The van der Waals surface area contributed by atoms with Gasteiger partial charge in [0.1, 0.15) is 47.9 Å². The fourth-order valence-electron chi connectivity index (χ4n) is 12.9. The van der Waals surface area contributed by atoms with Gasteiger partial charge in [-0.15, -0.1) is 0 Å². The number of aryl methyl sites for hydroxylation is 3. The zero-order valence-electron chi connectivity index (χ0n) is 55.0. The Balaban J connectivity index is 1.02. The summed E-state index contributed by atoms with van der Waals surface area (Å²) in [4.78, 5) is -5.04. The molecular formula is C78H54F6N2O14S5. The average Bonchev–Trinajstić information content (AvgIpc) is 1.05. The summed E-state index contributed by atoms with van der Waals surface area (Å²) >= 11 is 0.832. The van der Waals surface area contributed by atoms with Gasteiger partial charge in [0.15, 0.2) is 0 Å². The Kier molecular flexibility index (Phi) is 18.9. The van der Waals surface area contributed by atoms with Crippen LogP contribution in [0.2, 0.25) is 0 Å². The van der Waals surface area contributed by atoms with E-state index in [1.165, 1.54) is 48.5 Å². The summed E-state index contributed by atoms with van der Waals surface area (Å²) in [5, 5.41) is 0. The van der Waals surface area contributed by atoms with Gasteiger partial charge < -0.3 is 9.47 Å². The van der Waals surface area contributed by atoms with E-state index in [2.05, 4.69) is 8.75 Å². The van der Waals surface area contributed by atoms with Gasteiger partial charge in [-0.05, 0) is 198 Å². The standard InChI is InChI=1S/C78H54F6N2O14S5/c1-43-15-16-52(37-44(43)2)46-17-21-50(22-18-46)71-69(48-11-7-5-8-12-48)73(56-28-35-65(102(87,88)89)67(41-56)104(93,94)95)72(74(70(71)49-13-9-6-10-14-49)57-29-36-66(103(90,91)92)68(42-57)105(96,97)98)51-23-19-47(20-24-51)53-25-34-64(61(39-53)78(82,83)84)100-62-32-26-54(38-45(62)3)58-30-31-59(76-75(58)85-101-86-76)55-27-33-63(99-4)60(40-55)77(79,80)81/h5-42H,1-4H3,(H,87,88,89)(H,90,91,92)(H,93,94,95)(H,96,97,98). The number of aromatic nitrogens is 2. The lowest BCUT2D eigenvalue weighted by Crippen LogP contribution is -2.10. The van der Waals surface area contributed by atoms with Crippen molar-refractivity contribution in [1.82, 2.24) is 8.75 Å². The molecule has 0 aliphatic heterocycles. The molecule has 0 unspecified atom stereocenters. The molecule has 13 aromatic rings. The second-order valence-corrected chi connectivity index (χ2v) is 30.6. The highest BCUT2D eigenvalue weighted by molar-refractivity contribution is 7.89. The molecule has 1 heterocycles. The van der Waals surface area contributed by atoms with Crippen molar-refractivity contribution in [3.8, 4) is 129 Å². The van der Waals surface area contributed by atoms with Gasteiger partial charge in [-0.1, -0.05) is 170 Å². The van der Waals surface area contributed by atoms with Crippen LogP contribution in [0.3, 0.4) is 0 Å². The third-order valence-electron chi connectivity index (χ3n) is 17.9. The van der Waals surface area contributed by atoms with Gasteiger partial charge in [0.2, 0.25) is 0 Å².